The highest BCUT2D eigenvalue weighted by Gasteiger charge is 2.29. The maximum absolute atomic E-state index is 6.40. The first-order chi connectivity index (χ1) is 9.20. The van der Waals surface area contributed by atoms with Gasteiger partial charge in [0.1, 0.15) is 5.82 Å². The number of aromatic nitrogens is 2. The molecule has 0 radical (unpaired) electrons. The maximum Gasteiger partial charge on any atom is 0.109 e. The predicted molar refractivity (Wildman–Crippen MR) is 79.1 cm³/mol. The molecule has 0 aliphatic heterocycles. The number of nitrogens with two attached hydrogens (primary N) is 1. The van der Waals surface area contributed by atoms with E-state index in [1.807, 2.05) is 0 Å². The lowest BCUT2D eigenvalue weighted by Crippen LogP contribution is -2.37. The molecule has 102 valence electrons. The van der Waals surface area contributed by atoms with Crippen molar-refractivity contribution in [2.24, 2.45) is 11.7 Å². The molecule has 2 N–H and O–H groups in total. The Balaban J connectivity index is 2.11. The van der Waals surface area contributed by atoms with E-state index in [1.54, 1.807) is 0 Å². The third-order valence-electron chi connectivity index (χ3n) is 4.45. The van der Waals surface area contributed by atoms with Crippen molar-refractivity contribution in [3.8, 4) is 0 Å². The molecule has 3 atom stereocenters. The second-order valence-electron chi connectivity index (χ2n) is 5.89. The number of rotatable bonds is 2. The van der Waals surface area contributed by atoms with Crippen LogP contribution in [-0.2, 0) is 6.42 Å². The summed E-state index contributed by atoms with van der Waals surface area (Å²) >= 11 is 0. The zero-order valence-corrected chi connectivity index (χ0v) is 11.8. The Hall–Kier alpha value is -1.35. The van der Waals surface area contributed by atoms with E-state index < -0.39 is 0 Å². The van der Waals surface area contributed by atoms with Crippen LogP contribution in [0.5, 0.6) is 0 Å². The first kappa shape index (κ1) is 12.7. The second-order valence-corrected chi connectivity index (χ2v) is 5.89. The van der Waals surface area contributed by atoms with Gasteiger partial charge in [-0.1, -0.05) is 26.0 Å². The Bertz CT molecular complexity index is 572. The van der Waals surface area contributed by atoms with Crippen LogP contribution in [0.1, 0.15) is 45.0 Å². The average Bonchev–Trinajstić information content (AvgIpc) is 2.80. The summed E-state index contributed by atoms with van der Waals surface area (Å²) in [6, 6.07) is 9.10. The quantitative estimate of drug-likeness (QED) is 0.897. The van der Waals surface area contributed by atoms with E-state index in [9.17, 15) is 0 Å². The summed E-state index contributed by atoms with van der Waals surface area (Å²) < 4.78 is 2.41. The second kappa shape index (κ2) is 4.97. The number of nitrogens with zero attached hydrogens (tertiary/aromatic N) is 2. The van der Waals surface area contributed by atoms with E-state index in [-0.39, 0.29) is 6.04 Å². The van der Waals surface area contributed by atoms with E-state index in [2.05, 4.69) is 42.7 Å². The van der Waals surface area contributed by atoms with Crippen LogP contribution in [-0.4, -0.2) is 15.6 Å². The van der Waals surface area contributed by atoms with Crippen molar-refractivity contribution in [1.29, 1.82) is 0 Å². The fourth-order valence-electron chi connectivity index (χ4n) is 3.38. The Morgan fingerprint density at radius 2 is 2.11 bits per heavy atom. The van der Waals surface area contributed by atoms with Gasteiger partial charge in [0.2, 0.25) is 0 Å². The number of fused-ring (bicyclic) bond motifs is 1. The molecule has 0 bridgehead atoms. The summed E-state index contributed by atoms with van der Waals surface area (Å²) in [6.45, 7) is 4.51. The SMILES string of the molecule is CCc1nc2ccccc2n1C1CC(C)CCC1N. The number of aryl methyl sites for hydroxylation is 1. The fourth-order valence-corrected chi connectivity index (χ4v) is 3.38. The van der Waals surface area contributed by atoms with Crippen molar-refractivity contribution >= 4 is 11.0 Å². The van der Waals surface area contributed by atoms with Gasteiger partial charge in [-0.2, -0.15) is 0 Å². The smallest absolute Gasteiger partial charge is 0.109 e. The van der Waals surface area contributed by atoms with Crippen LogP contribution in [0.2, 0.25) is 0 Å². The van der Waals surface area contributed by atoms with Crippen LogP contribution in [0.3, 0.4) is 0 Å². The molecule has 2 aromatic rings. The highest BCUT2D eigenvalue weighted by molar-refractivity contribution is 5.76. The van der Waals surface area contributed by atoms with Crippen LogP contribution >= 0.6 is 0 Å². The minimum atomic E-state index is 0.263. The largest absolute Gasteiger partial charge is 0.326 e. The number of para-hydroxylation sites is 2. The number of benzene rings is 1. The van der Waals surface area contributed by atoms with Gasteiger partial charge in [0.05, 0.1) is 17.1 Å². The Labute approximate surface area is 114 Å². The Kier molecular flexibility index (Phi) is 3.31. The molecule has 0 amide bonds. The molecule has 1 aliphatic carbocycles. The molecule has 3 nitrogen and oxygen atoms in total. The van der Waals surface area contributed by atoms with Crippen LogP contribution in [0.15, 0.2) is 24.3 Å². The molecule has 3 rings (SSSR count). The van der Waals surface area contributed by atoms with E-state index in [0.29, 0.717) is 6.04 Å². The van der Waals surface area contributed by atoms with E-state index in [1.165, 1.54) is 24.2 Å². The zero-order valence-electron chi connectivity index (χ0n) is 11.8. The number of hydrogen-bond acceptors (Lipinski definition) is 2. The predicted octanol–water partition coefficient (Wildman–Crippen LogP) is 3.29. The molecule has 1 saturated carbocycles. The minimum absolute atomic E-state index is 0.263. The van der Waals surface area contributed by atoms with Gasteiger partial charge in [-0.3, -0.25) is 0 Å². The molecule has 19 heavy (non-hydrogen) atoms. The highest BCUT2D eigenvalue weighted by Crippen LogP contribution is 2.34. The average molecular weight is 257 g/mol. The maximum atomic E-state index is 6.40. The highest BCUT2D eigenvalue weighted by atomic mass is 15.1. The van der Waals surface area contributed by atoms with Crippen molar-refractivity contribution in [1.82, 2.24) is 9.55 Å². The van der Waals surface area contributed by atoms with E-state index in [4.69, 9.17) is 10.7 Å². The van der Waals surface area contributed by atoms with Gasteiger partial charge in [0.15, 0.2) is 0 Å². The van der Waals surface area contributed by atoms with E-state index >= 15 is 0 Å². The molecule has 0 spiro atoms. The van der Waals surface area contributed by atoms with Gasteiger partial charge < -0.3 is 10.3 Å². The third kappa shape index (κ3) is 2.16. The first-order valence-electron chi connectivity index (χ1n) is 7.42. The minimum Gasteiger partial charge on any atom is -0.326 e. The number of hydrogen-bond donors (Lipinski definition) is 1. The fraction of sp³-hybridized carbons (Fsp3) is 0.562. The van der Waals surface area contributed by atoms with Crippen molar-refractivity contribution in [3.05, 3.63) is 30.1 Å². The summed E-state index contributed by atoms with van der Waals surface area (Å²) in [5.74, 6) is 1.94. The topological polar surface area (TPSA) is 43.8 Å². The summed E-state index contributed by atoms with van der Waals surface area (Å²) in [6.07, 6.45) is 4.52. The normalized spacial score (nSPS) is 27.8. The molecule has 3 heteroatoms. The van der Waals surface area contributed by atoms with Gasteiger partial charge in [-0.15, -0.1) is 0 Å². The van der Waals surface area contributed by atoms with Crippen LogP contribution in [0.4, 0.5) is 0 Å². The standard InChI is InChI=1S/C16H23N3/c1-3-16-18-13-6-4-5-7-14(13)19(16)15-10-11(2)8-9-12(15)17/h4-7,11-12,15H,3,8-10,17H2,1-2H3. The molecule has 1 aromatic heterocycles. The van der Waals surface area contributed by atoms with Gasteiger partial charge in [0.25, 0.3) is 0 Å². The molecular weight excluding hydrogens is 234 g/mol. The first-order valence-corrected chi connectivity index (χ1v) is 7.42. The monoisotopic (exact) mass is 257 g/mol. The molecular formula is C16H23N3. The third-order valence-corrected chi connectivity index (χ3v) is 4.45. The van der Waals surface area contributed by atoms with Crippen LogP contribution < -0.4 is 5.73 Å². The molecule has 3 unspecified atom stereocenters. The summed E-state index contributed by atoms with van der Waals surface area (Å²) in [5.41, 5.74) is 8.74. The number of imidazole rings is 1. The zero-order chi connectivity index (χ0) is 13.4. The molecule has 1 fully saturated rings. The Morgan fingerprint density at radius 1 is 1.32 bits per heavy atom. The molecule has 0 saturated heterocycles. The van der Waals surface area contributed by atoms with E-state index in [0.717, 1.165) is 24.3 Å². The molecule has 1 aromatic carbocycles. The summed E-state index contributed by atoms with van der Waals surface area (Å²) in [4.78, 5) is 4.77. The lowest BCUT2D eigenvalue weighted by Gasteiger charge is -2.34. The Morgan fingerprint density at radius 3 is 2.89 bits per heavy atom. The lowest BCUT2D eigenvalue weighted by atomic mass is 9.83. The molecule has 1 heterocycles. The van der Waals surface area contributed by atoms with Gasteiger partial charge in [-0.25, -0.2) is 4.98 Å². The molecule has 1 aliphatic rings. The van der Waals surface area contributed by atoms with Crippen LogP contribution in [0.25, 0.3) is 11.0 Å². The van der Waals surface area contributed by atoms with Crippen molar-refractivity contribution in [3.63, 3.8) is 0 Å². The van der Waals surface area contributed by atoms with Crippen LogP contribution in [0, 0.1) is 5.92 Å². The summed E-state index contributed by atoms with van der Waals surface area (Å²) in [5, 5.41) is 0. The van der Waals surface area contributed by atoms with Crippen molar-refractivity contribution < 1.29 is 0 Å². The summed E-state index contributed by atoms with van der Waals surface area (Å²) in [7, 11) is 0. The van der Waals surface area contributed by atoms with Gasteiger partial charge in [-0.05, 0) is 37.3 Å². The van der Waals surface area contributed by atoms with Gasteiger partial charge in [0, 0.05) is 12.5 Å². The van der Waals surface area contributed by atoms with Crippen molar-refractivity contribution in [2.75, 3.05) is 0 Å². The van der Waals surface area contributed by atoms with Crippen molar-refractivity contribution in [2.45, 2.75) is 51.6 Å². The lowest BCUT2D eigenvalue weighted by molar-refractivity contribution is 0.247. The van der Waals surface area contributed by atoms with Gasteiger partial charge >= 0.3 is 0 Å².